The molecule has 9 heteroatoms. The van der Waals surface area contributed by atoms with Gasteiger partial charge in [0.2, 0.25) is 0 Å². The Balaban J connectivity index is 2.23. The summed E-state index contributed by atoms with van der Waals surface area (Å²) < 4.78 is 79.3. The van der Waals surface area contributed by atoms with Crippen molar-refractivity contribution < 1.29 is 31.4 Å². The number of rotatable bonds is 2. The number of para-hydroxylation sites is 1. The summed E-state index contributed by atoms with van der Waals surface area (Å²) in [5.41, 5.74) is -3.72. The first-order valence-electron chi connectivity index (χ1n) is 8.08. The lowest BCUT2D eigenvalue weighted by molar-refractivity contribution is -0.142. The van der Waals surface area contributed by atoms with Gasteiger partial charge in [-0.15, -0.1) is 0 Å². The quantitative estimate of drug-likeness (QED) is 0.759. The first-order chi connectivity index (χ1) is 12.1. The average molecular weight is 378 g/mol. The standard InChI is InChI=1S/C17H16F6N2O/c18-16(19,20)11-5-3-4-9-10(15(26)12-6-1-2-7-24-12)8-13(17(21,22)23)25-14(9)11/h3-5,8,12,15,24,26H,1-2,6-7H2/t12-,15?/m0/s1. The van der Waals surface area contributed by atoms with Crippen LogP contribution in [-0.2, 0) is 12.4 Å². The largest absolute Gasteiger partial charge is 0.433 e. The van der Waals surface area contributed by atoms with Crippen molar-refractivity contribution in [3.63, 3.8) is 0 Å². The molecule has 26 heavy (non-hydrogen) atoms. The molecular formula is C17H16F6N2O. The highest BCUT2D eigenvalue weighted by Crippen LogP contribution is 2.39. The SMILES string of the molecule is OC(c1cc(C(F)(F)F)nc2c(C(F)(F)F)cccc12)[C@@H]1CCCCN1. The molecule has 1 aliphatic heterocycles. The molecule has 1 aliphatic rings. The second-order valence-electron chi connectivity index (χ2n) is 6.30. The number of hydrogen-bond donors (Lipinski definition) is 2. The Morgan fingerprint density at radius 2 is 1.81 bits per heavy atom. The van der Waals surface area contributed by atoms with E-state index in [4.69, 9.17) is 0 Å². The van der Waals surface area contributed by atoms with Crippen LogP contribution in [0.15, 0.2) is 24.3 Å². The maximum Gasteiger partial charge on any atom is 0.433 e. The molecule has 2 heterocycles. The van der Waals surface area contributed by atoms with Crippen LogP contribution < -0.4 is 5.32 Å². The number of nitrogens with zero attached hydrogens (tertiary/aromatic N) is 1. The van der Waals surface area contributed by atoms with Crippen LogP contribution in [-0.4, -0.2) is 22.7 Å². The van der Waals surface area contributed by atoms with Gasteiger partial charge in [-0.25, -0.2) is 4.98 Å². The monoisotopic (exact) mass is 378 g/mol. The minimum absolute atomic E-state index is 0.132. The third-order valence-corrected chi connectivity index (χ3v) is 4.52. The molecule has 1 fully saturated rings. The van der Waals surface area contributed by atoms with E-state index in [0.29, 0.717) is 25.1 Å². The molecule has 0 amide bonds. The molecule has 0 radical (unpaired) electrons. The Bertz CT molecular complexity index is 796. The number of piperidine rings is 1. The van der Waals surface area contributed by atoms with Crippen LogP contribution in [0.2, 0.25) is 0 Å². The van der Waals surface area contributed by atoms with E-state index < -0.39 is 41.3 Å². The molecule has 0 bridgehead atoms. The molecular weight excluding hydrogens is 362 g/mol. The van der Waals surface area contributed by atoms with E-state index in [1.54, 1.807) is 0 Å². The van der Waals surface area contributed by atoms with Gasteiger partial charge < -0.3 is 10.4 Å². The van der Waals surface area contributed by atoms with Gasteiger partial charge in [0.25, 0.3) is 0 Å². The minimum atomic E-state index is -4.93. The molecule has 0 saturated carbocycles. The van der Waals surface area contributed by atoms with Gasteiger partial charge in [-0.2, -0.15) is 26.3 Å². The molecule has 3 rings (SSSR count). The fraction of sp³-hybridized carbons (Fsp3) is 0.471. The highest BCUT2D eigenvalue weighted by Gasteiger charge is 2.38. The second-order valence-corrected chi connectivity index (χ2v) is 6.30. The average Bonchev–Trinajstić information content (AvgIpc) is 2.58. The predicted molar refractivity (Wildman–Crippen MR) is 82.3 cm³/mol. The molecule has 1 saturated heterocycles. The van der Waals surface area contributed by atoms with Crippen molar-refractivity contribution in [2.45, 2.75) is 43.8 Å². The second kappa shape index (κ2) is 6.70. The van der Waals surface area contributed by atoms with Crippen LogP contribution in [0.1, 0.15) is 42.2 Å². The number of halogens is 6. The summed E-state index contributed by atoms with van der Waals surface area (Å²) >= 11 is 0. The number of nitrogens with one attached hydrogen (secondary N) is 1. The molecule has 1 unspecified atom stereocenters. The zero-order valence-electron chi connectivity index (χ0n) is 13.5. The molecule has 1 aromatic carbocycles. The van der Waals surface area contributed by atoms with E-state index in [1.807, 2.05) is 0 Å². The molecule has 142 valence electrons. The lowest BCUT2D eigenvalue weighted by atomic mass is 9.91. The first kappa shape index (κ1) is 18.9. The summed E-state index contributed by atoms with van der Waals surface area (Å²) in [5.74, 6) is 0. The van der Waals surface area contributed by atoms with Gasteiger partial charge in [0, 0.05) is 11.4 Å². The predicted octanol–water partition coefficient (Wildman–Crippen LogP) is 4.45. The molecule has 2 N–H and O–H groups in total. The molecule has 1 aromatic heterocycles. The minimum Gasteiger partial charge on any atom is -0.387 e. The van der Waals surface area contributed by atoms with E-state index in [9.17, 15) is 31.4 Å². The Morgan fingerprint density at radius 3 is 2.38 bits per heavy atom. The van der Waals surface area contributed by atoms with Gasteiger partial charge in [-0.05, 0) is 37.1 Å². The summed E-state index contributed by atoms with van der Waals surface area (Å²) in [4.78, 5) is 3.22. The van der Waals surface area contributed by atoms with E-state index in [0.717, 1.165) is 18.9 Å². The maximum atomic E-state index is 13.2. The van der Waals surface area contributed by atoms with Crippen LogP contribution >= 0.6 is 0 Å². The van der Waals surface area contributed by atoms with Crippen molar-refractivity contribution in [2.24, 2.45) is 0 Å². The molecule has 3 nitrogen and oxygen atoms in total. The lowest BCUT2D eigenvalue weighted by Gasteiger charge is -2.29. The summed E-state index contributed by atoms with van der Waals surface area (Å²) in [7, 11) is 0. The van der Waals surface area contributed by atoms with Crippen molar-refractivity contribution in [1.29, 1.82) is 0 Å². The number of hydrogen-bond acceptors (Lipinski definition) is 3. The van der Waals surface area contributed by atoms with Crippen molar-refractivity contribution in [3.05, 3.63) is 41.1 Å². The fourth-order valence-electron chi connectivity index (χ4n) is 3.26. The normalized spacial score (nSPS) is 20.3. The van der Waals surface area contributed by atoms with E-state index in [-0.39, 0.29) is 10.9 Å². The van der Waals surface area contributed by atoms with Gasteiger partial charge in [-0.3, -0.25) is 0 Å². The van der Waals surface area contributed by atoms with Crippen LogP contribution in [0.4, 0.5) is 26.3 Å². The van der Waals surface area contributed by atoms with Gasteiger partial charge in [-0.1, -0.05) is 18.6 Å². The van der Waals surface area contributed by atoms with Gasteiger partial charge in [0.1, 0.15) is 5.69 Å². The summed E-state index contributed by atoms with van der Waals surface area (Å²) in [6, 6.07) is 3.16. The summed E-state index contributed by atoms with van der Waals surface area (Å²) in [6.45, 7) is 0.588. The lowest BCUT2D eigenvalue weighted by Crippen LogP contribution is -2.39. The van der Waals surface area contributed by atoms with Crippen molar-refractivity contribution in [2.75, 3.05) is 6.54 Å². The number of alkyl halides is 6. The Morgan fingerprint density at radius 1 is 1.08 bits per heavy atom. The van der Waals surface area contributed by atoms with Gasteiger partial charge >= 0.3 is 12.4 Å². The Hall–Kier alpha value is -1.87. The van der Waals surface area contributed by atoms with Crippen LogP contribution in [0, 0.1) is 0 Å². The van der Waals surface area contributed by atoms with Gasteiger partial charge in [0.05, 0.1) is 17.2 Å². The number of aliphatic hydroxyl groups is 1. The third kappa shape index (κ3) is 3.64. The van der Waals surface area contributed by atoms with Crippen LogP contribution in [0.3, 0.4) is 0 Å². The first-order valence-corrected chi connectivity index (χ1v) is 8.08. The number of aliphatic hydroxyl groups excluding tert-OH is 1. The van der Waals surface area contributed by atoms with Crippen molar-refractivity contribution >= 4 is 10.9 Å². The highest BCUT2D eigenvalue weighted by molar-refractivity contribution is 5.86. The third-order valence-electron chi connectivity index (χ3n) is 4.52. The molecule has 0 spiro atoms. The fourth-order valence-corrected chi connectivity index (χ4v) is 3.26. The van der Waals surface area contributed by atoms with Crippen molar-refractivity contribution in [1.82, 2.24) is 10.3 Å². The summed E-state index contributed by atoms with van der Waals surface area (Å²) in [5, 5.41) is 13.5. The number of benzene rings is 1. The highest BCUT2D eigenvalue weighted by atomic mass is 19.4. The zero-order chi connectivity index (χ0) is 19.1. The Kier molecular flexibility index (Phi) is 4.87. The van der Waals surface area contributed by atoms with E-state index in [1.165, 1.54) is 6.07 Å². The zero-order valence-corrected chi connectivity index (χ0v) is 13.5. The van der Waals surface area contributed by atoms with Crippen molar-refractivity contribution in [3.8, 4) is 0 Å². The van der Waals surface area contributed by atoms with Gasteiger partial charge in [0.15, 0.2) is 0 Å². The summed E-state index contributed by atoms with van der Waals surface area (Å²) in [6.07, 6.45) is -9.00. The number of fused-ring (bicyclic) bond motifs is 1. The number of aromatic nitrogens is 1. The smallest absolute Gasteiger partial charge is 0.387 e. The number of pyridine rings is 1. The van der Waals surface area contributed by atoms with E-state index >= 15 is 0 Å². The van der Waals surface area contributed by atoms with Crippen LogP contribution in [0.5, 0.6) is 0 Å². The van der Waals surface area contributed by atoms with Crippen LogP contribution in [0.25, 0.3) is 10.9 Å². The molecule has 2 aromatic rings. The van der Waals surface area contributed by atoms with E-state index in [2.05, 4.69) is 10.3 Å². The molecule has 2 atom stereocenters. The maximum absolute atomic E-state index is 13.2. The Labute approximate surface area is 145 Å². The topological polar surface area (TPSA) is 45.2 Å². The molecule has 0 aliphatic carbocycles.